The lowest BCUT2D eigenvalue weighted by molar-refractivity contribution is -0.941. The summed E-state index contributed by atoms with van der Waals surface area (Å²) >= 11 is 0. The summed E-state index contributed by atoms with van der Waals surface area (Å²) in [5, 5.41) is 0. The molecule has 1 heterocycles. The monoisotopic (exact) mass is 307 g/mol. The summed E-state index contributed by atoms with van der Waals surface area (Å²) in [7, 11) is 1.10. The summed E-state index contributed by atoms with van der Waals surface area (Å²) in [4.78, 5) is 0. The predicted octanol–water partition coefficient (Wildman–Crippen LogP) is 3.58. The number of hydrogen-bond acceptors (Lipinski definition) is 2. The van der Waals surface area contributed by atoms with E-state index in [1.165, 1.54) is 39.8 Å². The van der Waals surface area contributed by atoms with Crippen molar-refractivity contribution in [2.45, 2.75) is 57.1 Å². The standard InChI is InChI=1S/C14H29FN2O2P/c1-16(2)20(15,18)19-14-10-6-5-9-13(14)17(3)11-7-4-8-12-17/h13-14H,4-12H2,1-3H3/q+1/t13-,14-,20?/m0/s1. The average molecular weight is 307 g/mol. The van der Waals surface area contributed by atoms with E-state index in [1.807, 2.05) is 0 Å². The smallest absolute Gasteiger partial charge is 0.321 e. The maximum Gasteiger partial charge on any atom is 0.445 e. The predicted molar refractivity (Wildman–Crippen MR) is 79.3 cm³/mol. The Kier molecular flexibility index (Phi) is 5.28. The Hall–Kier alpha value is 0.0400. The van der Waals surface area contributed by atoms with E-state index < -0.39 is 7.83 Å². The second-order valence-electron chi connectivity index (χ2n) is 6.78. The molecule has 0 aromatic rings. The Morgan fingerprint density at radius 3 is 2.30 bits per heavy atom. The van der Waals surface area contributed by atoms with Gasteiger partial charge in [-0.1, -0.05) is 6.42 Å². The van der Waals surface area contributed by atoms with E-state index in [0.717, 1.165) is 41.5 Å². The lowest BCUT2D eigenvalue weighted by Crippen LogP contribution is -2.60. The zero-order chi connectivity index (χ0) is 14.8. The number of halogens is 1. The molecule has 0 amide bonds. The topological polar surface area (TPSA) is 29.5 Å². The summed E-state index contributed by atoms with van der Waals surface area (Å²) < 4.78 is 33.6. The molecule has 0 aromatic heterocycles. The average Bonchev–Trinajstić information content (AvgIpc) is 2.39. The van der Waals surface area contributed by atoms with Crippen LogP contribution in [-0.4, -0.2) is 55.5 Å². The Morgan fingerprint density at radius 1 is 1.10 bits per heavy atom. The van der Waals surface area contributed by atoms with Crippen molar-refractivity contribution in [3.05, 3.63) is 0 Å². The summed E-state index contributed by atoms with van der Waals surface area (Å²) in [5.41, 5.74) is 0. The van der Waals surface area contributed by atoms with E-state index in [9.17, 15) is 8.76 Å². The molecule has 0 spiro atoms. The van der Waals surface area contributed by atoms with Crippen LogP contribution in [0, 0.1) is 0 Å². The van der Waals surface area contributed by atoms with Crippen molar-refractivity contribution in [2.75, 3.05) is 34.2 Å². The van der Waals surface area contributed by atoms with Crippen LogP contribution in [0.5, 0.6) is 0 Å². The maximum atomic E-state index is 14.1. The number of nitrogens with zero attached hydrogens (tertiary/aromatic N) is 2. The highest BCUT2D eigenvalue weighted by atomic mass is 31.2. The fraction of sp³-hybridized carbons (Fsp3) is 1.00. The molecule has 0 aromatic carbocycles. The number of likely N-dealkylation sites (N-methyl/N-ethyl adjacent to an activating group) is 1. The molecule has 2 aliphatic rings. The van der Waals surface area contributed by atoms with Gasteiger partial charge in [-0.2, -0.15) is 0 Å². The van der Waals surface area contributed by atoms with E-state index in [0.29, 0.717) is 6.04 Å². The van der Waals surface area contributed by atoms with Gasteiger partial charge in [-0.05, 0) is 46.2 Å². The number of rotatable bonds is 4. The van der Waals surface area contributed by atoms with Crippen LogP contribution in [0.3, 0.4) is 0 Å². The van der Waals surface area contributed by atoms with Crippen LogP contribution >= 0.6 is 7.83 Å². The summed E-state index contributed by atoms with van der Waals surface area (Å²) in [5.74, 6) is 0. The normalized spacial score (nSPS) is 33.9. The number of quaternary nitrogens is 1. The first-order chi connectivity index (χ1) is 9.35. The van der Waals surface area contributed by atoms with Crippen LogP contribution in [0.15, 0.2) is 0 Å². The van der Waals surface area contributed by atoms with Crippen LogP contribution in [0.25, 0.3) is 0 Å². The van der Waals surface area contributed by atoms with Crippen molar-refractivity contribution in [1.82, 2.24) is 4.67 Å². The van der Waals surface area contributed by atoms with E-state index in [1.54, 1.807) is 0 Å². The SMILES string of the molecule is CN(C)P(=O)(F)O[C@H]1CCCC[C@@H]1[N+]1(C)CCCCC1. The summed E-state index contributed by atoms with van der Waals surface area (Å²) in [6.07, 6.45) is 7.69. The van der Waals surface area contributed by atoms with E-state index >= 15 is 0 Å². The van der Waals surface area contributed by atoms with Crippen molar-refractivity contribution in [3.63, 3.8) is 0 Å². The third-order valence-corrected chi connectivity index (χ3v) is 6.54. The van der Waals surface area contributed by atoms with E-state index in [-0.39, 0.29) is 6.10 Å². The largest absolute Gasteiger partial charge is 0.445 e. The fourth-order valence-electron chi connectivity index (χ4n) is 3.74. The first-order valence-corrected chi connectivity index (χ1v) is 9.32. The van der Waals surface area contributed by atoms with Gasteiger partial charge in [-0.25, -0.2) is 9.24 Å². The van der Waals surface area contributed by atoms with Crippen molar-refractivity contribution in [2.24, 2.45) is 0 Å². The van der Waals surface area contributed by atoms with Gasteiger partial charge in [-0.3, -0.25) is 4.52 Å². The highest BCUT2D eigenvalue weighted by molar-refractivity contribution is 7.50. The molecule has 1 aliphatic heterocycles. The molecule has 0 N–H and O–H groups in total. The molecule has 2 fully saturated rings. The third-order valence-electron chi connectivity index (χ3n) is 5.05. The van der Waals surface area contributed by atoms with Gasteiger partial charge in [0.15, 0.2) is 0 Å². The van der Waals surface area contributed by atoms with Gasteiger partial charge < -0.3 is 4.48 Å². The maximum absolute atomic E-state index is 14.1. The second kappa shape index (κ2) is 6.43. The second-order valence-corrected chi connectivity index (χ2v) is 8.70. The zero-order valence-electron chi connectivity index (χ0n) is 13.1. The lowest BCUT2D eigenvalue weighted by atomic mass is 9.88. The zero-order valence-corrected chi connectivity index (χ0v) is 13.9. The van der Waals surface area contributed by atoms with Gasteiger partial charge in [0.25, 0.3) is 0 Å². The van der Waals surface area contributed by atoms with Crippen LogP contribution in [-0.2, 0) is 9.09 Å². The molecule has 2 rings (SSSR count). The fourth-order valence-corrected chi connectivity index (χ4v) is 4.51. The molecule has 1 saturated carbocycles. The highest BCUT2D eigenvalue weighted by Crippen LogP contribution is 2.53. The van der Waals surface area contributed by atoms with Crippen molar-refractivity contribution in [3.8, 4) is 0 Å². The Bertz CT molecular complexity index is 372. The van der Waals surface area contributed by atoms with Crippen molar-refractivity contribution < 1.29 is 17.8 Å². The minimum atomic E-state index is -4.13. The molecule has 0 bridgehead atoms. The minimum Gasteiger partial charge on any atom is -0.321 e. The Balaban J connectivity index is 2.11. The van der Waals surface area contributed by atoms with Crippen LogP contribution in [0.2, 0.25) is 0 Å². The van der Waals surface area contributed by atoms with Crippen molar-refractivity contribution in [1.29, 1.82) is 0 Å². The van der Waals surface area contributed by atoms with Gasteiger partial charge in [0.05, 0.1) is 20.1 Å². The summed E-state index contributed by atoms with van der Waals surface area (Å²) in [6, 6.07) is 0.299. The number of piperidine rings is 1. The first-order valence-electron chi connectivity index (χ1n) is 7.85. The first kappa shape index (κ1) is 16.4. The van der Waals surface area contributed by atoms with Gasteiger partial charge in [0.1, 0.15) is 12.1 Å². The molecule has 6 heteroatoms. The molecular formula is C14H29FN2O2P+. The Labute approximate surface area is 122 Å². The van der Waals surface area contributed by atoms with Crippen LogP contribution < -0.4 is 0 Å². The quantitative estimate of drug-likeness (QED) is 0.587. The van der Waals surface area contributed by atoms with E-state index in [2.05, 4.69) is 7.05 Å². The lowest BCUT2D eigenvalue weighted by Gasteiger charge is -2.48. The number of likely N-dealkylation sites (tertiary alicyclic amines) is 1. The third kappa shape index (κ3) is 3.62. The molecule has 118 valence electrons. The molecular weight excluding hydrogens is 278 g/mol. The number of hydrogen-bond donors (Lipinski definition) is 0. The van der Waals surface area contributed by atoms with Gasteiger partial charge in [0.2, 0.25) is 0 Å². The van der Waals surface area contributed by atoms with Crippen LogP contribution in [0.1, 0.15) is 44.9 Å². The molecule has 1 saturated heterocycles. The molecule has 0 radical (unpaired) electrons. The summed E-state index contributed by atoms with van der Waals surface area (Å²) in [6.45, 7) is 2.28. The van der Waals surface area contributed by atoms with Crippen LogP contribution in [0.4, 0.5) is 4.20 Å². The van der Waals surface area contributed by atoms with E-state index in [4.69, 9.17) is 4.52 Å². The Morgan fingerprint density at radius 2 is 1.70 bits per heavy atom. The van der Waals surface area contributed by atoms with Gasteiger partial charge >= 0.3 is 7.83 Å². The molecule has 20 heavy (non-hydrogen) atoms. The van der Waals surface area contributed by atoms with Crippen molar-refractivity contribution >= 4 is 7.83 Å². The van der Waals surface area contributed by atoms with Gasteiger partial charge in [-0.15, -0.1) is 4.20 Å². The molecule has 4 nitrogen and oxygen atoms in total. The highest BCUT2D eigenvalue weighted by Gasteiger charge is 2.45. The molecule has 1 unspecified atom stereocenters. The van der Waals surface area contributed by atoms with Gasteiger partial charge in [0, 0.05) is 6.42 Å². The molecule has 3 atom stereocenters. The molecule has 1 aliphatic carbocycles. The minimum absolute atomic E-state index is 0.204.